The predicted octanol–water partition coefficient (Wildman–Crippen LogP) is 0.708. The minimum absolute atomic E-state index is 0.105. The van der Waals surface area contributed by atoms with Crippen LogP contribution in [0.1, 0.15) is 17.3 Å². The van der Waals surface area contributed by atoms with E-state index in [0.717, 1.165) is 0 Å². The Morgan fingerprint density at radius 3 is 2.78 bits per heavy atom. The number of allylic oxidation sites excluding steroid dienone is 2. The molecule has 0 radical (unpaired) electrons. The average Bonchev–Trinajstić information content (AvgIpc) is 2.36. The maximum atomic E-state index is 12.4. The second-order valence-corrected chi connectivity index (χ2v) is 6.13. The molecule has 0 saturated carbocycles. The van der Waals surface area contributed by atoms with Crippen molar-refractivity contribution < 1.29 is 13.2 Å². The van der Waals surface area contributed by atoms with Gasteiger partial charge in [-0.3, -0.25) is 9.10 Å². The molecule has 2 aliphatic rings. The van der Waals surface area contributed by atoms with E-state index in [0.29, 0.717) is 12.2 Å². The molecule has 0 unspecified atom stereocenters. The van der Waals surface area contributed by atoms with E-state index < -0.39 is 10.0 Å². The van der Waals surface area contributed by atoms with Gasteiger partial charge in [0.15, 0.2) is 0 Å². The van der Waals surface area contributed by atoms with Crippen molar-refractivity contribution in [3.05, 3.63) is 41.2 Å². The predicted molar refractivity (Wildman–Crippen MR) is 65.4 cm³/mol. The first kappa shape index (κ1) is 11.3. The molecule has 0 saturated heterocycles. The first-order valence-corrected chi connectivity index (χ1v) is 7.08. The summed E-state index contributed by atoms with van der Waals surface area (Å²) in [6.07, 6.45) is 0. The fraction of sp³-hybridized carbons (Fsp3) is 0.250. The van der Waals surface area contributed by atoms with Gasteiger partial charge in [-0.1, -0.05) is 12.1 Å². The Bertz CT molecular complexity index is 676. The number of rotatable bonds is 0. The SMILES string of the molecule is CC1=C2C(=O)c3ccccc3S(=O)(=O)N2CCN1. The summed E-state index contributed by atoms with van der Waals surface area (Å²) in [6, 6.07) is 6.35. The number of hydrogen-bond acceptors (Lipinski definition) is 4. The van der Waals surface area contributed by atoms with Gasteiger partial charge in [-0.2, -0.15) is 0 Å². The molecule has 0 aromatic heterocycles. The Hall–Kier alpha value is -1.82. The fourth-order valence-corrected chi connectivity index (χ4v) is 4.10. The molecule has 1 N–H and O–H groups in total. The number of carbonyl (C=O) groups excluding carboxylic acids is 1. The topological polar surface area (TPSA) is 66.5 Å². The van der Waals surface area contributed by atoms with E-state index in [1.165, 1.54) is 10.4 Å². The quantitative estimate of drug-likeness (QED) is 0.749. The van der Waals surface area contributed by atoms with Crippen LogP contribution < -0.4 is 5.32 Å². The number of sulfonamides is 1. The van der Waals surface area contributed by atoms with Gasteiger partial charge in [-0.05, 0) is 19.1 Å². The van der Waals surface area contributed by atoms with Crippen molar-refractivity contribution in [2.24, 2.45) is 0 Å². The van der Waals surface area contributed by atoms with Crippen molar-refractivity contribution in [3.63, 3.8) is 0 Å². The van der Waals surface area contributed by atoms with Crippen LogP contribution in [-0.4, -0.2) is 31.6 Å². The number of benzene rings is 1. The van der Waals surface area contributed by atoms with Crippen LogP contribution in [-0.2, 0) is 10.0 Å². The van der Waals surface area contributed by atoms with E-state index in [9.17, 15) is 13.2 Å². The Morgan fingerprint density at radius 2 is 2.00 bits per heavy atom. The Balaban J connectivity index is 2.36. The second-order valence-electron chi connectivity index (χ2n) is 4.30. The number of ketones is 1. The minimum atomic E-state index is -3.59. The van der Waals surface area contributed by atoms with Crippen molar-refractivity contribution in [2.75, 3.05) is 13.1 Å². The van der Waals surface area contributed by atoms with Crippen molar-refractivity contribution in [1.29, 1.82) is 0 Å². The van der Waals surface area contributed by atoms with Crippen molar-refractivity contribution in [1.82, 2.24) is 9.62 Å². The number of hydrogen-bond donors (Lipinski definition) is 1. The van der Waals surface area contributed by atoms with Gasteiger partial charge in [0.1, 0.15) is 5.70 Å². The molecule has 5 nitrogen and oxygen atoms in total. The maximum absolute atomic E-state index is 12.4. The Labute approximate surface area is 105 Å². The summed E-state index contributed by atoms with van der Waals surface area (Å²) in [5.41, 5.74) is 1.12. The van der Waals surface area contributed by atoms with E-state index >= 15 is 0 Å². The van der Waals surface area contributed by atoms with Gasteiger partial charge < -0.3 is 5.32 Å². The summed E-state index contributed by atoms with van der Waals surface area (Å²) in [7, 11) is -3.59. The third-order valence-corrected chi connectivity index (χ3v) is 5.08. The van der Waals surface area contributed by atoms with Crippen molar-refractivity contribution >= 4 is 15.8 Å². The first-order chi connectivity index (χ1) is 8.53. The lowest BCUT2D eigenvalue weighted by Gasteiger charge is -2.35. The standard InChI is InChI=1S/C12H12N2O3S/c1-8-11-12(15)9-4-2-3-5-10(9)18(16,17)14(11)7-6-13-8/h2-5,13H,6-7H2,1H3. The zero-order valence-corrected chi connectivity index (χ0v) is 10.6. The monoisotopic (exact) mass is 264 g/mol. The number of nitrogens with one attached hydrogen (secondary N) is 1. The summed E-state index contributed by atoms with van der Waals surface area (Å²) in [6.45, 7) is 2.53. The van der Waals surface area contributed by atoms with Gasteiger partial charge in [0, 0.05) is 17.8 Å². The van der Waals surface area contributed by atoms with Gasteiger partial charge in [0.05, 0.1) is 11.4 Å². The molecule has 0 amide bonds. The lowest BCUT2D eigenvalue weighted by atomic mass is 10.1. The summed E-state index contributed by atoms with van der Waals surface area (Å²) < 4.78 is 26.1. The minimum Gasteiger partial charge on any atom is -0.385 e. The second kappa shape index (κ2) is 3.58. The Kier molecular flexibility index (Phi) is 2.25. The third-order valence-electron chi connectivity index (χ3n) is 3.22. The molecule has 18 heavy (non-hydrogen) atoms. The van der Waals surface area contributed by atoms with Crippen LogP contribution in [0.2, 0.25) is 0 Å². The highest BCUT2D eigenvalue weighted by atomic mass is 32.2. The van der Waals surface area contributed by atoms with E-state index in [1.807, 2.05) is 0 Å². The summed E-state index contributed by atoms with van der Waals surface area (Å²) >= 11 is 0. The van der Waals surface area contributed by atoms with E-state index in [4.69, 9.17) is 0 Å². The molecule has 6 heteroatoms. The number of carbonyl (C=O) groups is 1. The van der Waals surface area contributed by atoms with Crippen LogP contribution in [0.4, 0.5) is 0 Å². The zero-order valence-electron chi connectivity index (χ0n) is 9.80. The van der Waals surface area contributed by atoms with E-state index in [1.54, 1.807) is 25.1 Å². The maximum Gasteiger partial charge on any atom is 0.265 e. The molecule has 0 fully saturated rings. The van der Waals surface area contributed by atoms with E-state index in [-0.39, 0.29) is 28.5 Å². The number of nitrogens with zero attached hydrogens (tertiary/aromatic N) is 1. The zero-order chi connectivity index (χ0) is 12.9. The molecule has 0 spiro atoms. The molecule has 2 aliphatic heterocycles. The summed E-state index contributed by atoms with van der Waals surface area (Å²) in [4.78, 5) is 12.5. The van der Waals surface area contributed by atoms with E-state index in [2.05, 4.69) is 5.32 Å². The number of Topliss-reactive ketones (excluding diaryl/α,β-unsaturated/α-hetero) is 1. The molecule has 0 aliphatic carbocycles. The lowest BCUT2D eigenvalue weighted by molar-refractivity contribution is 0.0994. The molecule has 0 atom stereocenters. The normalized spacial score (nSPS) is 21.2. The van der Waals surface area contributed by atoms with Gasteiger partial charge in [0.2, 0.25) is 5.78 Å². The largest absolute Gasteiger partial charge is 0.385 e. The van der Waals surface area contributed by atoms with Crippen molar-refractivity contribution in [2.45, 2.75) is 11.8 Å². The molecule has 2 heterocycles. The third kappa shape index (κ3) is 1.32. The van der Waals surface area contributed by atoms with Crippen LogP contribution in [0.25, 0.3) is 0 Å². The van der Waals surface area contributed by atoms with Crippen LogP contribution in [0.15, 0.2) is 40.6 Å². The lowest BCUT2D eigenvalue weighted by Crippen LogP contribution is -2.47. The number of fused-ring (bicyclic) bond motifs is 2. The Morgan fingerprint density at radius 1 is 1.28 bits per heavy atom. The molecule has 1 aromatic carbocycles. The first-order valence-electron chi connectivity index (χ1n) is 5.64. The highest BCUT2D eigenvalue weighted by molar-refractivity contribution is 7.89. The average molecular weight is 264 g/mol. The molecular formula is C12H12N2O3S. The van der Waals surface area contributed by atoms with Gasteiger partial charge >= 0.3 is 0 Å². The molecule has 3 rings (SSSR count). The van der Waals surface area contributed by atoms with Gasteiger partial charge in [0.25, 0.3) is 10.0 Å². The van der Waals surface area contributed by atoms with Crippen LogP contribution in [0.5, 0.6) is 0 Å². The van der Waals surface area contributed by atoms with Crippen LogP contribution in [0.3, 0.4) is 0 Å². The highest BCUT2D eigenvalue weighted by Gasteiger charge is 2.41. The smallest absolute Gasteiger partial charge is 0.265 e. The van der Waals surface area contributed by atoms with Crippen LogP contribution in [0, 0.1) is 0 Å². The molecule has 94 valence electrons. The molecule has 1 aromatic rings. The molecule has 0 bridgehead atoms. The van der Waals surface area contributed by atoms with Gasteiger partial charge in [-0.25, -0.2) is 8.42 Å². The van der Waals surface area contributed by atoms with Crippen molar-refractivity contribution in [3.8, 4) is 0 Å². The van der Waals surface area contributed by atoms with Crippen LogP contribution >= 0.6 is 0 Å². The highest BCUT2D eigenvalue weighted by Crippen LogP contribution is 2.33. The summed E-state index contributed by atoms with van der Waals surface area (Å²) in [5.74, 6) is -0.231. The summed E-state index contributed by atoms with van der Waals surface area (Å²) in [5, 5.41) is 3.03. The fourth-order valence-electron chi connectivity index (χ4n) is 2.38. The van der Waals surface area contributed by atoms with Gasteiger partial charge in [-0.15, -0.1) is 0 Å². The molecular weight excluding hydrogens is 252 g/mol.